The van der Waals surface area contributed by atoms with E-state index in [0.717, 1.165) is 0 Å². The van der Waals surface area contributed by atoms with Gasteiger partial charge < -0.3 is 15.0 Å². The summed E-state index contributed by atoms with van der Waals surface area (Å²) in [5.41, 5.74) is 2.46. The summed E-state index contributed by atoms with van der Waals surface area (Å²) in [5.74, 6) is -0.953. The maximum absolute atomic E-state index is 12.6. The number of methoxy groups -OCH3 is 1. The van der Waals surface area contributed by atoms with Crippen LogP contribution in [0.4, 0.5) is 5.69 Å². The number of aromatic amines is 1. The summed E-state index contributed by atoms with van der Waals surface area (Å²) in [6.07, 6.45) is 0. The number of Topliss-reactive ketones (excluding diaryl/α,β-unsaturated/α-hetero) is 1. The molecule has 27 heavy (non-hydrogen) atoms. The molecule has 0 saturated heterocycles. The minimum Gasteiger partial charge on any atom is -0.465 e. The molecule has 7 nitrogen and oxygen atoms in total. The Morgan fingerprint density at radius 1 is 1.15 bits per heavy atom. The van der Waals surface area contributed by atoms with Crippen LogP contribution in [-0.2, 0) is 9.53 Å². The van der Waals surface area contributed by atoms with Gasteiger partial charge in [-0.1, -0.05) is 11.6 Å². The largest absolute Gasteiger partial charge is 0.465 e. The number of hydrogen-bond donors (Lipinski definition) is 2. The second-order valence-electron chi connectivity index (χ2n) is 6.27. The number of ketones is 1. The fourth-order valence-electron chi connectivity index (χ4n) is 2.80. The molecular weight excluding hydrogens is 370 g/mol. The number of nitrogens with one attached hydrogen (secondary N) is 2. The second kappa shape index (κ2) is 8.83. The highest BCUT2D eigenvalue weighted by atomic mass is 35.5. The minimum absolute atomic E-state index is 0.0233. The lowest BCUT2D eigenvalue weighted by molar-refractivity contribution is -0.116. The molecule has 0 atom stereocenters. The first-order valence-electron chi connectivity index (χ1n) is 8.27. The van der Waals surface area contributed by atoms with Crippen LogP contribution < -0.4 is 5.32 Å². The Labute approximate surface area is 162 Å². The molecule has 0 aliphatic rings. The van der Waals surface area contributed by atoms with Crippen molar-refractivity contribution >= 4 is 34.9 Å². The van der Waals surface area contributed by atoms with E-state index in [0.29, 0.717) is 33.2 Å². The molecule has 0 bridgehead atoms. The highest BCUT2D eigenvalue weighted by Gasteiger charge is 2.23. The molecule has 2 aromatic rings. The van der Waals surface area contributed by atoms with E-state index in [9.17, 15) is 14.4 Å². The number of ether oxygens (including phenoxy) is 1. The second-order valence-corrected chi connectivity index (χ2v) is 6.70. The number of aromatic nitrogens is 1. The van der Waals surface area contributed by atoms with Crippen molar-refractivity contribution in [2.24, 2.45) is 0 Å². The zero-order valence-corrected chi connectivity index (χ0v) is 16.4. The molecule has 2 N–H and O–H groups in total. The molecule has 144 valence electrons. The maximum Gasteiger partial charge on any atom is 0.339 e. The van der Waals surface area contributed by atoms with Gasteiger partial charge in [0.25, 0.3) is 0 Å². The highest BCUT2D eigenvalue weighted by Crippen LogP contribution is 2.19. The molecule has 2 rings (SSSR count). The Morgan fingerprint density at radius 3 is 2.37 bits per heavy atom. The highest BCUT2D eigenvalue weighted by molar-refractivity contribution is 6.30. The lowest BCUT2D eigenvalue weighted by atomic mass is 10.1. The van der Waals surface area contributed by atoms with E-state index in [4.69, 9.17) is 16.3 Å². The average Bonchev–Trinajstić information content (AvgIpc) is 2.90. The number of anilines is 1. The van der Waals surface area contributed by atoms with Gasteiger partial charge in [-0.15, -0.1) is 0 Å². The van der Waals surface area contributed by atoms with E-state index in [1.807, 2.05) is 0 Å². The van der Waals surface area contributed by atoms with Gasteiger partial charge in [-0.25, -0.2) is 4.79 Å². The summed E-state index contributed by atoms with van der Waals surface area (Å²) in [4.78, 5) is 41.0. The van der Waals surface area contributed by atoms with Gasteiger partial charge in [-0.3, -0.25) is 14.5 Å². The number of nitrogens with zero attached hydrogens (tertiary/aromatic N) is 1. The van der Waals surface area contributed by atoms with E-state index >= 15 is 0 Å². The number of aryl methyl sites for hydroxylation is 1. The molecule has 0 aliphatic carbocycles. The van der Waals surface area contributed by atoms with Gasteiger partial charge in [0.2, 0.25) is 5.91 Å². The standard InChI is InChI=1S/C19H22ClN3O4/c1-11-17(19(26)27-4)12(2)21-18(11)15(24)9-23(3)10-16(25)22-14-7-5-13(20)6-8-14/h5-8,21H,9-10H2,1-4H3,(H,22,25). The third-order valence-corrected chi connectivity index (χ3v) is 4.31. The smallest absolute Gasteiger partial charge is 0.339 e. The molecule has 1 aromatic carbocycles. The van der Waals surface area contributed by atoms with E-state index in [2.05, 4.69) is 10.3 Å². The van der Waals surface area contributed by atoms with Crippen LogP contribution in [0.5, 0.6) is 0 Å². The van der Waals surface area contributed by atoms with Crippen LogP contribution in [0, 0.1) is 13.8 Å². The molecule has 1 aromatic heterocycles. The fourth-order valence-corrected chi connectivity index (χ4v) is 2.92. The van der Waals surface area contributed by atoms with Crippen molar-refractivity contribution in [2.75, 3.05) is 32.6 Å². The fraction of sp³-hybridized carbons (Fsp3) is 0.316. The third kappa shape index (κ3) is 5.18. The van der Waals surface area contributed by atoms with Gasteiger partial charge in [-0.2, -0.15) is 0 Å². The number of halogens is 1. The van der Waals surface area contributed by atoms with Gasteiger partial charge >= 0.3 is 5.97 Å². The van der Waals surface area contributed by atoms with Crippen LogP contribution in [0.25, 0.3) is 0 Å². The predicted molar refractivity (Wildman–Crippen MR) is 104 cm³/mol. The van der Waals surface area contributed by atoms with Gasteiger partial charge in [-0.05, 0) is 50.7 Å². The summed E-state index contributed by atoms with van der Waals surface area (Å²) in [7, 11) is 2.97. The first-order valence-corrected chi connectivity index (χ1v) is 8.65. The number of H-pyrrole nitrogens is 1. The van der Waals surface area contributed by atoms with E-state index in [-0.39, 0.29) is 24.8 Å². The zero-order chi connectivity index (χ0) is 20.1. The Morgan fingerprint density at radius 2 is 1.78 bits per heavy atom. The Hall–Kier alpha value is -2.64. The van der Waals surface area contributed by atoms with Gasteiger partial charge in [0.15, 0.2) is 5.78 Å². The molecule has 0 radical (unpaired) electrons. The summed E-state index contributed by atoms with van der Waals surface area (Å²) < 4.78 is 4.75. The van der Waals surface area contributed by atoms with Crippen LogP contribution in [0.2, 0.25) is 5.02 Å². The van der Waals surface area contributed by atoms with Gasteiger partial charge in [0, 0.05) is 16.4 Å². The van der Waals surface area contributed by atoms with E-state index in [1.54, 1.807) is 50.1 Å². The molecular formula is C19H22ClN3O4. The summed E-state index contributed by atoms with van der Waals surface area (Å²) in [6.45, 7) is 3.46. The summed E-state index contributed by atoms with van der Waals surface area (Å²) >= 11 is 5.81. The number of amides is 1. The van der Waals surface area contributed by atoms with Crippen molar-refractivity contribution in [3.8, 4) is 0 Å². The number of likely N-dealkylation sites (N-methyl/N-ethyl adjacent to an activating group) is 1. The molecule has 0 aliphatic heterocycles. The van der Waals surface area contributed by atoms with Crippen LogP contribution in [0.15, 0.2) is 24.3 Å². The lowest BCUT2D eigenvalue weighted by Gasteiger charge is -2.15. The number of hydrogen-bond acceptors (Lipinski definition) is 5. The number of carbonyl (C=O) groups excluding carboxylic acids is 3. The van der Waals surface area contributed by atoms with E-state index < -0.39 is 5.97 Å². The van der Waals surface area contributed by atoms with Crippen LogP contribution in [0.3, 0.4) is 0 Å². The number of carbonyl (C=O) groups is 3. The summed E-state index contributed by atoms with van der Waals surface area (Å²) in [5, 5.41) is 3.32. The Balaban J connectivity index is 1.98. The molecule has 0 unspecified atom stereocenters. The van der Waals surface area contributed by atoms with Crippen molar-refractivity contribution < 1.29 is 19.1 Å². The first kappa shape index (κ1) is 20.7. The zero-order valence-electron chi connectivity index (χ0n) is 15.7. The number of esters is 1. The van der Waals surface area contributed by atoms with Gasteiger partial charge in [0.05, 0.1) is 31.5 Å². The van der Waals surface area contributed by atoms with E-state index in [1.165, 1.54) is 7.11 Å². The van der Waals surface area contributed by atoms with Crippen molar-refractivity contribution in [1.29, 1.82) is 0 Å². The van der Waals surface area contributed by atoms with Crippen molar-refractivity contribution in [3.63, 3.8) is 0 Å². The molecule has 8 heteroatoms. The molecule has 1 heterocycles. The normalized spacial score (nSPS) is 10.7. The number of rotatable bonds is 7. The van der Waals surface area contributed by atoms with Crippen molar-refractivity contribution in [3.05, 3.63) is 51.8 Å². The maximum atomic E-state index is 12.6. The van der Waals surface area contributed by atoms with Crippen LogP contribution in [0.1, 0.15) is 32.1 Å². The Kier molecular flexibility index (Phi) is 6.76. The Bertz CT molecular complexity index is 859. The monoisotopic (exact) mass is 391 g/mol. The molecule has 0 saturated carbocycles. The average molecular weight is 392 g/mol. The third-order valence-electron chi connectivity index (χ3n) is 4.06. The first-order chi connectivity index (χ1) is 12.7. The molecule has 0 spiro atoms. The van der Waals surface area contributed by atoms with Crippen molar-refractivity contribution in [2.45, 2.75) is 13.8 Å². The molecule has 0 fully saturated rings. The topological polar surface area (TPSA) is 91.5 Å². The SMILES string of the molecule is COC(=O)c1c(C)[nH]c(C(=O)CN(C)CC(=O)Nc2ccc(Cl)cc2)c1C. The van der Waals surface area contributed by atoms with Gasteiger partial charge in [0.1, 0.15) is 0 Å². The van der Waals surface area contributed by atoms with Crippen LogP contribution in [-0.4, -0.2) is 54.8 Å². The minimum atomic E-state index is -0.490. The quantitative estimate of drug-likeness (QED) is 0.559. The predicted octanol–water partition coefficient (Wildman–Crippen LogP) is 2.82. The van der Waals surface area contributed by atoms with Crippen LogP contribution >= 0.6 is 11.6 Å². The number of benzene rings is 1. The molecule has 1 amide bonds. The summed E-state index contributed by atoms with van der Waals surface area (Å²) in [6, 6.07) is 6.76. The lowest BCUT2D eigenvalue weighted by Crippen LogP contribution is -2.34. The van der Waals surface area contributed by atoms with Crippen molar-refractivity contribution in [1.82, 2.24) is 9.88 Å².